The van der Waals surface area contributed by atoms with Gasteiger partial charge in [-0.3, -0.25) is 0 Å². The monoisotopic (exact) mass is 316 g/mol. The number of nitrogens with one attached hydrogen (secondary N) is 1. The number of aromatic nitrogens is 1. The summed E-state index contributed by atoms with van der Waals surface area (Å²) in [6.45, 7) is 7.15. The predicted molar refractivity (Wildman–Crippen MR) is 91.2 cm³/mol. The van der Waals surface area contributed by atoms with E-state index in [2.05, 4.69) is 54.5 Å². The molecule has 3 rings (SSSR count). The van der Waals surface area contributed by atoms with Crippen LogP contribution in [0, 0.1) is 5.92 Å². The fourth-order valence-electron chi connectivity index (χ4n) is 2.91. The Balaban J connectivity index is 1.52. The van der Waals surface area contributed by atoms with Gasteiger partial charge in [0.25, 0.3) is 0 Å². The van der Waals surface area contributed by atoms with Crippen LogP contribution in [-0.4, -0.2) is 18.1 Å². The molecule has 1 aromatic heterocycles. The van der Waals surface area contributed by atoms with Crippen LogP contribution in [0.4, 0.5) is 0 Å². The first kappa shape index (κ1) is 15.7. The molecule has 1 aliphatic heterocycles. The average molecular weight is 316 g/mol. The molecule has 4 heteroatoms. The van der Waals surface area contributed by atoms with Crippen molar-refractivity contribution in [1.29, 1.82) is 0 Å². The van der Waals surface area contributed by atoms with Crippen LogP contribution in [0.15, 0.2) is 36.5 Å². The molecule has 2 heterocycles. The van der Waals surface area contributed by atoms with Gasteiger partial charge in [0.2, 0.25) is 0 Å². The average Bonchev–Trinajstić information content (AvgIpc) is 3.17. The van der Waals surface area contributed by atoms with Crippen molar-refractivity contribution in [1.82, 2.24) is 10.3 Å². The number of benzene rings is 1. The number of thiazole rings is 1. The summed E-state index contributed by atoms with van der Waals surface area (Å²) < 4.78 is 5.94. The molecule has 0 unspecified atom stereocenters. The van der Waals surface area contributed by atoms with Crippen molar-refractivity contribution in [2.75, 3.05) is 13.2 Å². The Morgan fingerprint density at radius 1 is 1.32 bits per heavy atom. The van der Waals surface area contributed by atoms with E-state index in [-0.39, 0.29) is 6.10 Å². The summed E-state index contributed by atoms with van der Waals surface area (Å²) in [6.07, 6.45) is 3.38. The van der Waals surface area contributed by atoms with Crippen LogP contribution < -0.4 is 5.32 Å². The van der Waals surface area contributed by atoms with Gasteiger partial charge in [0.15, 0.2) is 0 Å². The Bertz CT molecular complexity index is 582. The lowest BCUT2D eigenvalue weighted by molar-refractivity contribution is 0.0904. The maximum Gasteiger partial charge on any atom is 0.0953 e. The van der Waals surface area contributed by atoms with Crippen molar-refractivity contribution in [3.8, 4) is 0 Å². The van der Waals surface area contributed by atoms with E-state index in [0.29, 0.717) is 11.8 Å². The molecule has 1 fully saturated rings. The van der Waals surface area contributed by atoms with Crippen LogP contribution in [0.2, 0.25) is 0 Å². The molecule has 0 spiro atoms. The highest BCUT2D eigenvalue weighted by molar-refractivity contribution is 7.11. The van der Waals surface area contributed by atoms with Crippen molar-refractivity contribution in [2.45, 2.75) is 38.8 Å². The minimum Gasteiger partial charge on any atom is -0.373 e. The van der Waals surface area contributed by atoms with Crippen molar-refractivity contribution < 1.29 is 4.74 Å². The van der Waals surface area contributed by atoms with Gasteiger partial charge < -0.3 is 10.1 Å². The first-order valence-electron chi connectivity index (χ1n) is 8.06. The van der Waals surface area contributed by atoms with Gasteiger partial charge in [-0.05, 0) is 12.0 Å². The van der Waals surface area contributed by atoms with Crippen molar-refractivity contribution in [3.63, 3.8) is 0 Å². The molecule has 0 bridgehead atoms. The van der Waals surface area contributed by atoms with Gasteiger partial charge in [-0.25, -0.2) is 4.98 Å². The second kappa shape index (κ2) is 7.36. The molecule has 118 valence electrons. The van der Waals surface area contributed by atoms with Crippen LogP contribution in [0.1, 0.15) is 47.7 Å². The number of rotatable bonds is 6. The minimum atomic E-state index is 0.237. The largest absolute Gasteiger partial charge is 0.373 e. The topological polar surface area (TPSA) is 34.2 Å². The smallest absolute Gasteiger partial charge is 0.0953 e. The van der Waals surface area contributed by atoms with E-state index in [1.807, 2.05) is 17.5 Å². The van der Waals surface area contributed by atoms with E-state index < -0.39 is 0 Å². The number of nitrogens with zero attached hydrogens (tertiary/aromatic N) is 1. The Labute approximate surface area is 136 Å². The lowest BCUT2D eigenvalue weighted by Crippen LogP contribution is -2.24. The third-order valence-electron chi connectivity index (χ3n) is 4.11. The first-order valence-corrected chi connectivity index (χ1v) is 8.87. The summed E-state index contributed by atoms with van der Waals surface area (Å²) >= 11 is 1.82. The molecule has 3 nitrogen and oxygen atoms in total. The zero-order valence-electron chi connectivity index (χ0n) is 13.3. The van der Waals surface area contributed by atoms with Gasteiger partial charge in [0.1, 0.15) is 0 Å². The maximum atomic E-state index is 5.94. The van der Waals surface area contributed by atoms with Crippen molar-refractivity contribution in [2.24, 2.45) is 5.92 Å². The van der Waals surface area contributed by atoms with Gasteiger partial charge >= 0.3 is 0 Å². The lowest BCUT2D eigenvalue weighted by atomic mass is 9.95. The van der Waals surface area contributed by atoms with Gasteiger partial charge in [0.05, 0.1) is 11.1 Å². The summed E-state index contributed by atoms with van der Waals surface area (Å²) in [7, 11) is 0. The first-order chi connectivity index (χ1) is 10.7. The highest BCUT2D eigenvalue weighted by atomic mass is 32.1. The third-order valence-corrected chi connectivity index (χ3v) is 5.41. The van der Waals surface area contributed by atoms with Crippen molar-refractivity contribution in [3.05, 3.63) is 52.0 Å². The van der Waals surface area contributed by atoms with Gasteiger partial charge in [0, 0.05) is 42.6 Å². The van der Waals surface area contributed by atoms with Gasteiger partial charge in [-0.1, -0.05) is 44.2 Å². The van der Waals surface area contributed by atoms with E-state index in [0.717, 1.165) is 26.1 Å². The van der Waals surface area contributed by atoms with E-state index in [4.69, 9.17) is 4.74 Å². The third kappa shape index (κ3) is 3.75. The van der Waals surface area contributed by atoms with E-state index in [1.165, 1.54) is 15.4 Å². The molecule has 0 amide bonds. The Hall–Kier alpha value is -1.23. The molecule has 2 atom stereocenters. The lowest BCUT2D eigenvalue weighted by Gasteiger charge is -2.19. The van der Waals surface area contributed by atoms with Gasteiger partial charge in [-0.2, -0.15) is 0 Å². The zero-order valence-corrected chi connectivity index (χ0v) is 14.1. The van der Waals surface area contributed by atoms with E-state index in [1.54, 1.807) is 0 Å². The maximum absolute atomic E-state index is 5.94. The van der Waals surface area contributed by atoms with Crippen LogP contribution >= 0.6 is 11.3 Å². The molecule has 1 aliphatic rings. The number of ether oxygens (including phenoxy) is 1. The summed E-state index contributed by atoms with van der Waals surface area (Å²) in [5.41, 5.74) is 1.30. The standard InChI is InChI=1S/C18H24N2OS/c1-13(2)18-20-12-16(22-18)11-19-10-15-8-9-21-17(15)14-6-4-3-5-7-14/h3-7,12-13,15,17,19H,8-11H2,1-2H3/t15-,17-/m1/s1. The molecule has 1 N–H and O–H groups in total. The second-order valence-corrected chi connectivity index (χ2v) is 7.35. The van der Waals surface area contributed by atoms with E-state index >= 15 is 0 Å². The van der Waals surface area contributed by atoms with Crippen LogP contribution in [-0.2, 0) is 11.3 Å². The number of hydrogen-bond acceptors (Lipinski definition) is 4. The second-order valence-electron chi connectivity index (χ2n) is 6.20. The molecule has 0 saturated carbocycles. The Kier molecular flexibility index (Phi) is 5.24. The van der Waals surface area contributed by atoms with Crippen molar-refractivity contribution >= 4 is 11.3 Å². The fourth-order valence-corrected chi connectivity index (χ4v) is 3.80. The fraction of sp³-hybridized carbons (Fsp3) is 0.500. The predicted octanol–water partition coefficient (Wildman–Crippen LogP) is 4.13. The molecule has 22 heavy (non-hydrogen) atoms. The molecule has 1 saturated heterocycles. The summed E-state index contributed by atoms with van der Waals surface area (Å²) in [5.74, 6) is 1.07. The molecule has 1 aromatic carbocycles. The molecule has 2 aromatic rings. The molecule has 0 radical (unpaired) electrons. The Morgan fingerprint density at radius 3 is 2.86 bits per heavy atom. The SMILES string of the molecule is CC(C)c1ncc(CNC[C@H]2CCO[C@@H]2c2ccccc2)s1. The van der Waals surface area contributed by atoms with E-state index in [9.17, 15) is 0 Å². The van der Waals surface area contributed by atoms with Crippen LogP contribution in [0.3, 0.4) is 0 Å². The summed E-state index contributed by atoms with van der Waals surface area (Å²) in [4.78, 5) is 5.80. The molecular formula is C18H24N2OS. The van der Waals surface area contributed by atoms with Crippen LogP contribution in [0.5, 0.6) is 0 Å². The minimum absolute atomic E-state index is 0.237. The highest BCUT2D eigenvalue weighted by Gasteiger charge is 2.29. The summed E-state index contributed by atoms with van der Waals surface area (Å²) in [6, 6.07) is 10.6. The quantitative estimate of drug-likeness (QED) is 0.870. The number of hydrogen-bond donors (Lipinski definition) is 1. The summed E-state index contributed by atoms with van der Waals surface area (Å²) in [5, 5.41) is 4.81. The van der Waals surface area contributed by atoms with Gasteiger partial charge in [-0.15, -0.1) is 11.3 Å². The molecule has 0 aliphatic carbocycles. The zero-order chi connectivity index (χ0) is 15.4. The Morgan fingerprint density at radius 2 is 2.14 bits per heavy atom. The normalized spacial score (nSPS) is 21.6. The highest BCUT2D eigenvalue weighted by Crippen LogP contribution is 2.34. The molecular weight excluding hydrogens is 292 g/mol. The van der Waals surface area contributed by atoms with Crippen LogP contribution in [0.25, 0.3) is 0 Å².